The van der Waals surface area contributed by atoms with E-state index < -0.39 is 9.84 Å². The second-order valence-corrected chi connectivity index (χ2v) is 6.40. The van der Waals surface area contributed by atoms with E-state index in [0.717, 1.165) is 26.0 Å². The largest absolute Gasteiger partial charge is 0.377 e. The van der Waals surface area contributed by atoms with Crippen molar-refractivity contribution in [2.75, 3.05) is 24.7 Å². The van der Waals surface area contributed by atoms with E-state index in [1.165, 1.54) is 0 Å². The second-order valence-electron chi connectivity index (χ2n) is 4.10. The van der Waals surface area contributed by atoms with Crippen LogP contribution in [0.1, 0.15) is 26.7 Å². The fraction of sp³-hybridized carbons (Fsp3) is 1.00. The predicted molar refractivity (Wildman–Crippen MR) is 60.8 cm³/mol. The van der Waals surface area contributed by atoms with E-state index in [4.69, 9.17) is 4.74 Å². The first-order valence-corrected chi connectivity index (χ1v) is 7.41. The summed E-state index contributed by atoms with van der Waals surface area (Å²) in [5.74, 6) is 0.654. The first-order chi connectivity index (χ1) is 7.03. The zero-order chi connectivity index (χ0) is 11.3. The average Bonchev–Trinajstić information content (AvgIpc) is 2.17. The minimum absolute atomic E-state index is 0.202. The van der Waals surface area contributed by atoms with Gasteiger partial charge in [0.25, 0.3) is 0 Å². The quantitative estimate of drug-likeness (QED) is 0.757. The number of rotatable bonds is 5. The topological polar surface area (TPSA) is 55.4 Å². The number of hydrogen-bond acceptors (Lipinski definition) is 4. The summed E-state index contributed by atoms with van der Waals surface area (Å²) in [7, 11) is -2.74. The highest BCUT2D eigenvalue weighted by molar-refractivity contribution is 7.91. The number of hydrogen-bond donors (Lipinski definition) is 1. The Balaban J connectivity index is 2.19. The maximum atomic E-state index is 11.2. The van der Waals surface area contributed by atoms with Gasteiger partial charge in [0.1, 0.15) is 9.84 Å². The van der Waals surface area contributed by atoms with Crippen LogP contribution in [-0.2, 0) is 14.6 Å². The van der Waals surface area contributed by atoms with E-state index in [1.807, 2.05) is 13.8 Å². The van der Waals surface area contributed by atoms with Gasteiger partial charge in [-0.25, -0.2) is 8.42 Å². The van der Waals surface area contributed by atoms with Gasteiger partial charge in [-0.15, -0.1) is 0 Å². The smallest absolute Gasteiger partial charge is 0.150 e. The lowest BCUT2D eigenvalue weighted by atomic mass is 10.1. The van der Waals surface area contributed by atoms with Crippen LogP contribution >= 0.6 is 0 Å². The van der Waals surface area contributed by atoms with Gasteiger partial charge in [-0.3, -0.25) is 0 Å². The molecule has 0 spiro atoms. The molecule has 1 saturated heterocycles. The first kappa shape index (κ1) is 12.9. The monoisotopic (exact) mass is 235 g/mol. The van der Waals surface area contributed by atoms with Crippen LogP contribution in [0.4, 0.5) is 0 Å². The van der Waals surface area contributed by atoms with Crippen molar-refractivity contribution >= 4 is 9.84 Å². The van der Waals surface area contributed by atoms with Crippen LogP contribution in [0.25, 0.3) is 0 Å². The lowest BCUT2D eigenvalue weighted by molar-refractivity contribution is 0.0736. The molecule has 90 valence electrons. The van der Waals surface area contributed by atoms with Gasteiger partial charge >= 0.3 is 0 Å². The van der Waals surface area contributed by atoms with Crippen LogP contribution in [0.5, 0.6) is 0 Å². The molecule has 0 amide bonds. The fourth-order valence-electron chi connectivity index (χ4n) is 1.77. The van der Waals surface area contributed by atoms with E-state index >= 15 is 0 Å². The SMILES string of the molecule is CCOC(C)CNC1CCS(=O)(=O)CC1. The van der Waals surface area contributed by atoms with E-state index in [2.05, 4.69) is 5.32 Å². The summed E-state index contributed by atoms with van der Waals surface area (Å²) in [6.45, 7) is 5.53. The van der Waals surface area contributed by atoms with Gasteiger partial charge in [0.2, 0.25) is 0 Å². The molecule has 1 fully saturated rings. The van der Waals surface area contributed by atoms with E-state index in [1.54, 1.807) is 0 Å². The van der Waals surface area contributed by atoms with Crippen molar-refractivity contribution in [1.29, 1.82) is 0 Å². The minimum atomic E-state index is -2.74. The summed E-state index contributed by atoms with van der Waals surface area (Å²) in [5, 5.41) is 3.35. The highest BCUT2D eigenvalue weighted by Gasteiger charge is 2.23. The number of sulfone groups is 1. The maximum Gasteiger partial charge on any atom is 0.150 e. The molecule has 0 bridgehead atoms. The number of ether oxygens (including phenoxy) is 1. The van der Waals surface area contributed by atoms with E-state index in [-0.39, 0.29) is 6.10 Å². The van der Waals surface area contributed by atoms with Crippen molar-refractivity contribution < 1.29 is 13.2 Å². The molecule has 0 aromatic heterocycles. The van der Waals surface area contributed by atoms with Gasteiger partial charge in [0, 0.05) is 19.2 Å². The molecule has 0 saturated carbocycles. The molecule has 1 aliphatic rings. The molecule has 0 aromatic rings. The molecule has 1 N–H and O–H groups in total. The standard InChI is InChI=1S/C10H21NO3S/c1-3-14-9(2)8-11-10-4-6-15(12,13)7-5-10/h9-11H,3-8H2,1-2H3. The normalized spacial score (nSPS) is 23.9. The Kier molecular flexibility index (Phi) is 5.02. The highest BCUT2D eigenvalue weighted by Crippen LogP contribution is 2.12. The summed E-state index contributed by atoms with van der Waals surface area (Å²) >= 11 is 0. The van der Waals surface area contributed by atoms with Crippen LogP contribution in [0.3, 0.4) is 0 Å². The Morgan fingerprint density at radius 3 is 2.53 bits per heavy atom. The van der Waals surface area contributed by atoms with Crippen molar-refractivity contribution in [2.45, 2.75) is 38.8 Å². The molecule has 15 heavy (non-hydrogen) atoms. The van der Waals surface area contributed by atoms with Gasteiger partial charge in [0.05, 0.1) is 17.6 Å². The highest BCUT2D eigenvalue weighted by atomic mass is 32.2. The molecule has 4 nitrogen and oxygen atoms in total. The zero-order valence-electron chi connectivity index (χ0n) is 9.53. The van der Waals surface area contributed by atoms with Gasteiger partial charge < -0.3 is 10.1 Å². The van der Waals surface area contributed by atoms with Gasteiger partial charge in [-0.1, -0.05) is 0 Å². The van der Waals surface area contributed by atoms with Gasteiger partial charge in [-0.2, -0.15) is 0 Å². The van der Waals surface area contributed by atoms with Crippen molar-refractivity contribution in [3.63, 3.8) is 0 Å². The molecule has 1 rings (SSSR count). The summed E-state index contributed by atoms with van der Waals surface area (Å²) in [5.41, 5.74) is 0. The third-order valence-corrected chi connectivity index (χ3v) is 4.42. The first-order valence-electron chi connectivity index (χ1n) is 5.59. The Morgan fingerprint density at radius 2 is 2.00 bits per heavy atom. The molecule has 1 atom stereocenters. The summed E-state index contributed by atoms with van der Waals surface area (Å²) in [6.07, 6.45) is 1.68. The Labute approximate surface area is 92.3 Å². The molecule has 1 heterocycles. The molecule has 0 radical (unpaired) electrons. The molecule has 5 heteroatoms. The van der Waals surface area contributed by atoms with Crippen molar-refractivity contribution in [1.82, 2.24) is 5.32 Å². The van der Waals surface area contributed by atoms with Crippen LogP contribution < -0.4 is 5.32 Å². The third kappa shape index (κ3) is 4.95. The molecule has 1 unspecified atom stereocenters. The molecule has 1 aliphatic heterocycles. The number of nitrogens with one attached hydrogen (secondary N) is 1. The lowest BCUT2D eigenvalue weighted by Crippen LogP contribution is -2.40. The zero-order valence-corrected chi connectivity index (χ0v) is 10.3. The van der Waals surface area contributed by atoms with Crippen LogP contribution in [0, 0.1) is 0 Å². The maximum absolute atomic E-state index is 11.2. The van der Waals surface area contributed by atoms with E-state index in [0.29, 0.717) is 17.5 Å². The Bertz CT molecular complexity index is 262. The van der Waals surface area contributed by atoms with Crippen molar-refractivity contribution in [2.24, 2.45) is 0 Å². The Morgan fingerprint density at radius 1 is 1.40 bits per heavy atom. The average molecular weight is 235 g/mol. The minimum Gasteiger partial charge on any atom is -0.377 e. The van der Waals surface area contributed by atoms with Crippen molar-refractivity contribution in [3.05, 3.63) is 0 Å². The third-order valence-electron chi connectivity index (χ3n) is 2.70. The summed E-state index contributed by atoms with van der Waals surface area (Å²) in [4.78, 5) is 0. The van der Waals surface area contributed by atoms with E-state index in [9.17, 15) is 8.42 Å². The van der Waals surface area contributed by atoms with Crippen LogP contribution in [0.15, 0.2) is 0 Å². The molecule has 0 aliphatic carbocycles. The fourth-order valence-corrected chi connectivity index (χ4v) is 3.26. The Hall–Kier alpha value is -0.130. The lowest BCUT2D eigenvalue weighted by Gasteiger charge is -2.24. The molecular formula is C10H21NO3S. The van der Waals surface area contributed by atoms with Gasteiger partial charge in [-0.05, 0) is 26.7 Å². The summed E-state index contributed by atoms with van der Waals surface area (Å²) < 4.78 is 27.8. The molecule has 0 aromatic carbocycles. The summed E-state index contributed by atoms with van der Waals surface area (Å²) in [6, 6.07) is 0.344. The second kappa shape index (κ2) is 5.82. The van der Waals surface area contributed by atoms with Crippen molar-refractivity contribution in [3.8, 4) is 0 Å². The van der Waals surface area contributed by atoms with Crippen LogP contribution in [0.2, 0.25) is 0 Å². The molecular weight excluding hydrogens is 214 g/mol. The predicted octanol–water partition coefficient (Wildman–Crippen LogP) is 0.578. The van der Waals surface area contributed by atoms with Crippen LogP contribution in [-0.4, -0.2) is 45.2 Å². The van der Waals surface area contributed by atoms with Gasteiger partial charge in [0.15, 0.2) is 0 Å².